The van der Waals surface area contributed by atoms with E-state index in [0.717, 1.165) is 18.4 Å². The Morgan fingerprint density at radius 3 is 2.62 bits per heavy atom. The van der Waals surface area contributed by atoms with Crippen molar-refractivity contribution in [3.05, 3.63) is 69.7 Å². The third kappa shape index (κ3) is 5.94. The lowest BCUT2D eigenvalue weighted by Crippen LogP contribution is -2.42. The number of hydrogen-bond acceptors (Lipinski definition) is 6. The monoisotopic (exact) mass is 498 g/mol. The number of carbonyl (C=O) groups excluding carboxylic acids is 2. The van der Waals surface area contributed by atoms with Crippen LogP contribution in [0, 0.1) is 6.92 Å². The SMILES string of the molecule is Cc1cccc(Cl)c1NC(=O)c1cnc(Nc2cccc(C(=O)NC3CCC(C)(O)CC3)c2)s1. The molecule has 0 radical (unpaired) electrons. The lowest BCUT2D eigenvalue weighted by Gasteiger charge is -2.33. The maximum atomic E-state index is 12.7. The number of halogens is 1. The minimum atomic E-state index is -0.638. The van der Waals surface area contributed by atoms with Crippen molar-refractivity contribution >= 4 is 51.3 Å². The van der Waals surface area contributed by atoms with Gasteiger partial charge in [-0.3, -0.25) is 9.59 Å². The summed E-state index contributed by atoms with van der Waals surface area (Å²) in [5.74, 6) is -0.439. The zero-order valence-corrected chi connectivity index (χ0v) is 20.6. The molecule has 7 nitrogen and oxygen atoms in total. The number of benzene rings is 2. The van der Waals surface area contributed by atoms with Crippen molar-refractivity contribution in [2.75, 3.05) is 10.6 Å². The Hall–Kier alpha value is -2.94. The van der Waals surface area contributed by atoms with Crippen molar-refractivity contribution in [3.63, 3.8) is 0 Å². The minimum Gasteiger partial charge on any atom is -0.390 e. The van der Waals surface area contributed by atoms with Gasteiger partial charge in [0.1, 0.15) is 4.88 Å². The maximum absolute atomic E-state index is 12.7. The van der Waals surface area contributed by atoms with Gasteiger partial charge in [-0.05, 0) is 69.4 Å². The predicted molar refractivity (Wildman–Crippen MR) is 136 cm³/mol. The van der Waals surface area contributed by atoms with E-state index < -0.39 is 5.60 Å². The third-order valence-electron chi connectivity index (χ3n) is 5.96. The van der Waals surface area contributed by atoms with Gasteiger partial charge in [-0.2, -0.15) is 0 Å². The fraction of sp³-hybridized carbons (Fsp3) is 0.320. The van der Waals surface area contributed by atoms with Crippen molar-refractivity contribution < 1.29 is 14.7 Å². The molecule has 4 N–H and O–H groups in total. The highest BCUT2D eigenvalue weighted by molar-refractivity contribution is 7.17. The molecule has 9 heteroatoms. The van der Waals surface area contributed by atoms with Gasteiger partial charge in [0.25, 0.3) is 11.8 Å². The molecule has 178 valence electrons. The fourth-order valence-electron chi connectivity index (χ4n) is 3.92. The molecule has 1 aliphatic carbocycles. The molecule has 0 unspecified atom stereocenters. The molecule has 0 saturated heterocycles. The molecule has 0 aliphatic heterocycles. The highest BCUT2D eigenvalue weighted by Gasteiger charge is 2.29. The molecule has 2 amide bonds. The Kier molecular flexibility index (Phi) is 7.21. The van der Waals surface area contributed by atoms with E-state index in [2.05, 4.69) is 20.9 Å². The van der Waals surface area contributed by atoms with Gasteiger partial charge in [0.05, 0.1) is 22.5 Å². The van der Waals surface area contributed by atoms with Gasteiger partial charge in [-0.1, -0.05) is 41.1 Å². The summed E-state index contributed by atoms with van der Waals surface area (Å²) in [7, 11) is 0. The third-order valence-corrected chi connectivity index (χ3v) is 7.19. The number of hydrogen-bond donors (Lipinski definition) is 4. The highest BCUT2D eigenvalue weighted by atomic mass is 35.5. The second-order valence-electron chi connectivity index (χ2n) is 8.87. The first-order valence-corrected chi connectivity index (χ1v) is 12.3. The summed E-state index contributed by atoms with van der Waals surface area (Å²) in [4.78, 5) is 30.1. The Labute approximate surface area is 207 Å². The maximum Gasteiger partial charge on any atom is 0.267 e. The molecule has 0 spiro atoms. The van der Waals surface area contributed by atoms with Crippen molar-refractivity contribution in [1.29, 1.82) is 0 Å². The van der Waals surface area contributed by atoms with Crippen molar-refractivity contribution in [3.8, 4) is 0 Å². The quantitative estimate of drug-likeness (QED) is 0.358. The van der Waals surface area contributed by atoms with Crippen LogP contribution in [0.1, 0.15) is 58.2 Å². The standard InChI is InChI=1S/C25H27ClN4O3S/c1-15-5-3-8-19(26)21(15)30-23(32)20-14-27-24(34-20)29-18-7-4-6-16(13-18)22(31)28-17-9-11-25(2,33)12-10-17/h3-8,13-14,17,33H,9-12H2,1-2H3,(H,27,29)(H,28,31)(H,30,32). The van der Waals surface area contributed by atoms with Crippen molar-refractivity contribution in [1.82, 2.24) is 10.3 Å². The fourth-order valence-corrected chi connectivity index (χ4v) is 4.92. The zero-order chi connectivity index (χ0) is 24.3. The van der Waals surface area contributed by atoms with Crippen LogP contribution in [-0.4, -0.2) is 33.5 Å². The molecule has 0 bridgehead atoms. The number of aromatic nitrogens is 1. The summed E-state index contributed by atoms with van der Waals surface area (Å²) < 4.78 is 0. The van der Waals surface area contributed by atoms with Crippen molar-refractivity contribution in [2.45, 2.75) is 51.2 Å². The molecule has 1 aromatic heterocycles. The number of nitrogens with one attached hydrogen (secondary N) is 3. The van der Waals surface area contributed by atoms with Gasteiger partial charge < -0.3 is 21.1 Å². The Bertz CT molecular complexity index is 1180. The molecular formula is C25H27ClN4O3S. The largest absolute Gasteiger partial charge is 0.390 e. The van der Waals surface area contributed by atoms with E-state index >= 15 is 0 Å². The molecule has 1 heterocycles. The second-order valence-corrected chi connectivity index (χ2v) is 10.3. The van der Waals surface area contributed by atoms with Gasteiger partial charge in [-0.25, -0.2) is 4.98 Å². The van der Waals surface area contributed by atoms with Crippen LogP contribution in [0.15, 0.2) is 48.7 Å². The molecule has 3 aromatic rings. The number of aliphatic hydroxyl groups is 1. The molecule has 4 rings (SSSR count). The van der Waals surface area contributed by atoms with Gasteiger partial charge >= 0.3 is 0 Å². The number of carbonyl (C=O) groups is 2. The summed E-state index contributed by atoms with van der Waals surface area (Å²) in [5, 5.41) is 20.2. The number of nitrogens with zero attached hydrogens (tertiary/aromatic N) is 1. The van der Waals surface area contributed by atoms with Crippen molar-refractivity contribution in [2.24, 2.45) is 0 Å². The highest BCUT2D eigenvalue weighted by Crippen LogP contribution is 2.29. The Morgan fingerprint density at radius 1 is 1.15 bits per heavy atom. The first-order valence-electron chi connectivity index (χ1n) is 11.1. The Morgan fingerprint density at radius 2 is 1.88 bits per heavy atom. The van der Waals surface area contributed by atoms with Crippen LogP contribution >= 0.6 is 22.9 Å². The zero-order valence-electron chi connectivity index (χ0n) is 19.0. The first-order chi connectivity index (χ1) is 16.2. The molecule has 34 heavy (non-hydrogen) atoms. The molecule has 0 atom stereocenters. The van der Waals surface area contributed by atoms with E-state index in [4.69, 9.17) is 11.6 Å². The first kappa shape index (κ1) is 24.2. The summed E-state index contributed by atoms with van der Waals surface area (Å²) in [5.41, 5.74) is 2.05. The molecular weight excluding hydrogens is 472 g/mol. The molecule has 2 aromatic carbocycles. The van der Waals surface area contributed by atoms with Gasteiger partial charge in [0.2, 0.25) is 0 Å². The number of rotatable bonds is 6. The van der Waals surface area contributed by atoms with Crippen LogP contribution in [-0.2, 0) is 0 Å². The van der Waals surface area contributed by atoms with E-state index in [1.165, 1.54) is 17.5 Å². The molecule has 1 aliphatic rings. The smallest absolute Gasteiger partial charge is 0.267 e. The van der Waals surface area contributed by atoms with Gasteiger partial charge in [0.15, 0.2) is 5.13 Å². The molecule has 1 saturated carbocycles. The second kappa shape index (κ2) is 10.1. The van der Waals surface area contributed by atoms with Crippen LogP contribution in [0.4, 0.5) is 16.5 Å². The van der Waals surface area contributed by atoms with E-state index in [1.807, 2.05) is 32.0 Å². The minimum absolute atomic E-state index is 0.0612. The van der Waals surface area contributed by atoms with Gasteiger partial charge in [-0.15, -0.1) is 0 Å². The van der Waals surface area contributed by atoms with Crippen LogP contribution in [0.25, 0.3) is 0 Å². The number of anilines is 3. The summed E-state index contributed by atoms with van der Waals surface area (Å²) in [6.45, 7) is 3.72. The summed E-state index contributed by atoms with van der Waals surface area (Å²) in [6.07, 6.45) is 4.37. The Balaban J connectivity index is 1.38. The summed E-state index contributed by atoms with van der Waals surface area (Å²) in [6, 6.07) is 12.6. The topological polar surface area (TPSA) is 103 Å². The lowest BCUT2D eigenvalue weighted by molar-refractivity contribution is 0.0140. The van der Waals surface area contributed by atoms with E-state index in [0.29, 0.717) is 44.8 Å². The van der Waals surface area contributed by atoms with Crippen LogP contribution < -0.4 is 16.0 Å². The average Bonchev–Trinajstić information content (AvgIpc) is 3.26. The molecule has 1 fully saturated rings. The van der Waals surface area contributed by atoms with Crippen LogP contribution in [0.3, 0.4) is 0 Å². The van der Waals surface area contributed by atoms with Gasteiger partial charge in [0, 0.05) is 17.3 Å². The van der Waals surface area contributed by atoms with Crippen LogP contribution in [0.2, 0.25) is 5.02 Å². The normalized spacial score (nSPS) is 19.9. The number of thiazole rings is 1. The van der Waals surface area contributed by atoms with E-state index in [1.54, 1.807) is 24.3 Å². The lowest BCUT2D eigenvalue weighted by atomic mass is 9.83. The average molecular weight is 499 g/mol. The number of aryl methyl sites for hydroxylation is 1. The van der Waals surface area contributed by atoms with Crippen LogP contribution in [0.5, 0.6) is 0 Å². The van der Waals surface area contributed by atoms with E-state index in [-0.39, 0.29) is 17.9 Å². The van der Waals surface area contributed by atoms with E-state index in [9.17, 15) is 14.7 Å². The summed E-state index contributed by atoms with van der Waals surface area (Å²) >= 11 is 7.41. The number of para-hydroxylation sites is 1. The number of amides is 2. The predicted octanol–water partition coefficient (Wildman–Crippen LogP) is 5.52.